The quantitative estimate of drug-likeness (QED) is 0.840. The highest BCUT2D eigenvalue weighted by molar-refractivity contribution is 6.31. The van der Waals surface area contributed by atoms with Crippen LogP contribution >= 0.6 is 11.6 Å². The third-order valence-corrected chi connectivity index (χ3v) is 3.51. The van der Waals surface area contributed by atoms with Gasteiger partial charge in [-0.05, 0) is 18.6 Å². The number of pyridine rings is 1. The number of rotatable bonds is 4. The molecule has 19 heavy (non-hydrogen) atoms. The van der Waals surface area contributed by atoms with Gasteiger partial charge in [0.2, 0.25) is 5.91 Å². The zero-order chi connectivity index (χ0) is 13.8. The van der Waals surface area contributed by atoms with Crippen molar-refractivity contribution in [3.05, 3.63) is 22.8 Å². The fraction of sp³-hybridized carbons (Fsp3) is 0.462. The number of anilines is 1. The van der Waals surface area contributed by atoms with Gasteiger partial charge in [-0.2, -0.15) is 5.26 Å². The van der Waals surface area contributed by atoms with Crippen molar-refractivity contribution < 1.29 is 4.79 Å². The molecule has 0 spiro atoms. The molecule has 1 aliphatic rings. The molecule has 0 saturated carbocycles. The van der Waals surface area contributed by atoms with Crippen LogP contribution in [0.3, 0.4) is 0 Å². The topological polar surface area (TPSA) is 60.2 Å². The number of likely N-dealkylation sites (tertiary alicyclic amines) is 1. The van der Waals surface area contributed by atoms with Crippen LogP contribution in [0.5, 0.6) is 0 Å². The summed E-state index contributed by atoms with van der Waals surface area (Å²) in [6.07, 6.45) is 1.60. The first-order valence-electron chi connectivity index (χ1n) is 6.17. The van der Waals surface area contributed by atoms with Crippen molar-refractivity contribution in [2.75, 3.05) is 31.6 Å². The molecule has 1 aromatic rings. The Balaban J connectivity index is 1.98. The SMILES string of the molecule is CN(CCN1CCCC1=O)c1ccc(Cl)c(C#N)n1. The largest absolute Gasteiger partial charge is 0.358 e. The van der Waals surface area contributed by atoms with E-state index in [0.717, 1.165) is 13.0 Å². The summed E-state index contributed by atoms with van der Waals surface area (Å²) in [5, 5.41) is 9.25. The average Bonchev–Trinajstić information content (AvgIpc) is 2.82. The Morgan fingerprint density at radius 1 is 1.58 bits per heavy atom. The highest BCUT2D eigenvalue weighted by atomic mass is 35.5. The van der Waals surface area contributed by atoms with E-state index in [4.69, 9.17) is 16.9 Å². The minimum atomic E-state index is 0.218. The summed E-state index contributed by atoms with van der Waals surface area (Å²) in [4.78, 5) is 19.5. The van der Waals surface area contributed by atoms with Gasteiger partial charge in [-0.3, -0.25) is 4.79 Å². The lowest BCUT2D eigenvalue weighted by Gasteiger charge is -2.22. The van der Waals surface area contributed by atoms with Gasteiger partial charge in [-0.25, -0.2) is 4.98 Å². The molecule has 5 nitrogen and oxygen atoms in total. The number of aromatic nitrogens is 1. The molecule has 6 heteroatoms. The van der Waals surface area contributed by atoms with Crippen molar-refractivity contribution >= 4 is 23.3 Å². The van der Waals surface area contributed by atoms with E-state index in [1.807, 2.05) is 22.9 Å². The Morgan fingerprint density at radius 3 is 3.00 bits per heavy atom. The molecule has 0 radical (unpaired) electrons. The fourth-order valence-electron chi connectivity index (χ4n) is 2.05. The van der Waals surface area contributed by atoms with Crippen LogP contribution in [0.4, 0.5) is 5.82 Å². The van der Waals surface area contributed by atoms with E-state index in [1.165, 1.54) is 0 Å². The van der Waals surface area contributed by atoms with Crippen molar-refractivity contribution in [1.29, 1.82) is 5.26 Å². The Bertz CT molecular complexity index is 526. The number of carbonyl (C=O) groups excluding carboxylic acids is 1. The molecule has 100 valence electrons. The summed E-state index contributed by atoms with van der Waals surface area (Å²) in [6.45, 7) is 2.21. The first kappa shape index (κ1) is 13.6. The van der Waals surface area contributed by atoms with Gasteiger partial charge in [0.1, 0.15) is 11.9 Å². The van der Waals surface area contributed by atoms with Gasteiger partial charge in [-0.15, -0.1) is 0 Å². The van der Waals surface area contributed by atoms with Crippen LogP contribution in [0.2, 0.25) is 5.02 Å². The maximum Gasteiger partial charge on any atom is 0.222 e. The van der Waals surface area contributed by atoms with Gasteiger partial charge < -0.3 is 9.80 Å². The van der Waals surface area contributed by atoms with Crippen molar-refractivity contribution in [3.63, 3.8) is 0 Å². The van der Waals surface area contributed by atoms with Crippen molar-refractivity contribution in [2.24, 2.45) is 0 Å². The summed E-state index contributed by atoms with van der Waals surface area (Å²) in [6, 6.07) is 5.40. The third kappa shape index (κ3) is 3.15. The van der Waals surface area contributed by atoms with E-state index >= 15 is 0 Å². The van der Waals surface area contributed by atoms with Crippen LogP contribution in [0.1, 0.15) is 18.5 Å². The second kappa shape index (κ2) is 5.89. The molecule has 2 heterocycles. The molecule has 0 atom stereocenters. The highest BCUT2D eigenvalue weighted by Crippen LogP contribution is 2.18. The van der Waals surface area contributed by atoms with Crippen LogP contribution in [0.25, 0.3) is 0 Å². The summed E-state index contributed by atoms with van der Waals surface area (Å²) in [5.74, 6) is 0.905. The lowest BCUT2D eigenvalue weighted by molar-refractivity contribution is -0.127. The molecular formula is C13H15ClN4O. The molecule has 0 aromatic carbocycles. The van der Waals surface area contributed by atoms with Crippen LogP contribution in [-0.4, -0.2) is 42.5 Å². The Kier molecular flexibility index (Phi) is 4.23. The first-order valence-corrected chi connectivity index (χ1v) is 6.55. The predicted octanol–water partition coefficient (Wildman–Crippen LogP) is 1.67. The number of amides is 1. The van der Waals surface area contributed by atoms with Gasteiger partial charge in [0.25, 0.3) is 0 Å². The van der Waals surface area contributed by atoms with Crippen molar-refractivity contribution in [3.8, 4) is 6.07 Å². The lowest BCUT2D eigenvalue weighted by atomic mass is 10.3. The number of nitriles is 1. The minimum Gasteiger partial charge on any atom is -0.358 e. The molecule has 1 fully saturated rings. The molecular weight excluding hydrogens is 264 g/mol. The Morgan fingerprint density at radius 2 is 2.37 bits per heavy atom. The maximum atomic E-state index is 11.5. The second-order valence-corrected chi connectivity index (χ2v) is 4.92. The Hall–Kier alpha value is -1.80. The second-order valence-electron chi connectivity index (χ2n) is 4.52. The number of hydrogen-bond donors (Lipinski definition) is 0. The molecule has 0 aliphatic carbocycles. The smallest absolute Gasteiger partial charge is 0.222 e. The van der Waals surface area contributed by atoms with E-state index in [2.05, 4.69) is 4.98 Å². The van der Waals surface area contributed by atoms with E-state index in [-0.39, 0.29) is 11.6 Å². The first-order chi connectivity index (χ1) is 9.11. The Labute approximate surface area is 117 Å². The normalized spacial score (nSPS) is 14.6. The van der Waals surface area contributed by atoms with E-state index < -0.39 is 0 Å². The van der Waals surface area contributed by atoms with Gasteiger partial charge in [0.15, 0.2) is 5.69 Å². The van der Waals surface area contributed by atoms with Gasteiger partial charge >= 0.3 is 0 Å². The van der Waals surface area contributed by atoms with Crippen molar-refractivity contribution in [1.82, 2.24) is 9.88 Å². The summed E-state index contributed by atoms with van der Waals surface area (Å²) in [5.41, 5.74) is 0.225. The molecule has 1 aliphatic heterocycles. The molecule has 1 aromatic heterocycles. The molecule has 0 N–H and O–H groups in total. The lowest BCUT2D eigenvalue weighted by Crippen LogP contribution is -2.34. The summed E-state index contributed by atoms with van der Waals surface area (Å²) >= 11 is 5.84. The number of likely N-dealkylation sites (N-methyl/N-ethyl adjacent to an activating group) is 1. The molecule has 0 bridgehead atoms. The average molecular weight is 279 g/mol. The predicted molar refractivity (Wildman–Crippen MR) is 73.0 cm³/mol. The third-order valence-electron chi connectivity index (χ3n) is 3.21. The summed E-state index contributed by atoms with van der Waals surface area (Å²) < 4.78 is 0. The number of nitrogens with zero attached hydrogens (tertiary/aromatic N) is 4. The van der Waals surface area contributed by atoms with Crippen LogP contribution in [-0.2, 0) is 4.79 Å². The summed E-state index contributed by atoms with van der Waals surface area (Å²) in [7, 11) is 1.89. The van der Waals surface area contributed by atoms with Gasteiger partial charge in [0.05, 0.1) is 5.02 Å². The monoisotopic (exact) mass is 278 g/mol. The molecule has 1 amide bonds. The van der Waals surface area contributed by atoms with Crippen LogP contribution in [0, 0.1) is 11.3 Å². The minimum absolute atomic E-state index is 0.218. The fourth-order valence-corrected chi connectivity index (χ4v) is 2.20. The van der Waals surface area contributed by atoms with Crippen LogP contribution < -0.4 is 4.90 Å². The van der Waals surface area contributed by atoms with E-state index in [9.17, 15) is 4.79 Å². The zero-order valence-electron chi connectivity index (χ0n) is 10.8. The van der Waals surface area contributed by atoms with E-state index in [1.54, 1.807) is 12.1 Å². The number of hydrogen-bond acceptors (Lipinski definition) is 4. The molecule has 1 saturated heterocycles. The zero-order valence-corrected chi connectivity index (χ0v) is 11.5. The number of carbonyl (C=O) groups is 1. The number of halogens is 1. The highest BCUT2D eigenvalue weighted by Gasteiger charge is 2.20. The van der Waals surface area contributed by atoms with Crippen molar-refractivity contribution in [2.45, 2.75) is 12.8 Å². The van der Waals surface area contributed by atoms with E-state index in [0.29, 0.717) is 30.4 Å². The molecule has 0 unspecified atom stereocenters. The standard InChI is InChI=1S/C13H15ClN4O/c1-17(7-8-18-6-2-3-13(18)19)12-5-4-10(14)11(9-15)16-12/h4-5H,2-3,6-8H2,1H3. The van der Waals surface area contributed by atoms with Gasteiger partial charge in [-0.1, -0.05) is 11.6 Å². The molecule has 2 rings (SSSR count). The maximum absolute atomic E-state index is 11.5. The van der Waals surface area contributed by atoms with Gasteiger partial charge in [0, 0.05) is 33.1 Å². The van der Waals surface area contributed by atoms with Crippen LogP contribution in [0.15, 0.2) is 12.1 Å².